The SMILES string of the molecule is C=C(C)c1ccccc1NC(=O)Oc1cnn(-c2ncccn2)c1C(F)(F)F. The van der Waals surface area contributed by atoms with Crippen LogP contribution in [0.3, 0.4) is 0 Å². The van der Waals surface area contributed by atoms with Crippen molar-refractivity contribution in [2.75, 3.05) is 5.32 Å². The normalized spacial score (nSPS) is 11.1. The fraction of sp³-hybridized carbons (Fsp3) is 0.111. The number of hydrogen-bond acceptors (Lipinski definition) is 5. The van der Waals surface area contributed by atoms with Crippen molar-refractivity contribution in [1.29, 1.82) is 0 Å². The summed E-state index contributed by atoms with van der Waals surface area (Å²) in [5.41, 5.74) is 0.346. The molecule has 0 unspecified atom stereocenters. The van der Waals surface area contributed by atoms with Gasteiger partial charge in [-0.15, -0.1) is 0 Å². The second-order valence-corrected chi connectivity index (χ2v) is 5.66. The van der Waals surface area contributed by atoms with Crippen molar-refractivity contribution < 1.29 is 22.7 Å². The van der Waals surface area contributed by atoms with E-state index < -0.39 is 23.7 Å². The summed E-state index contributed by atoms with van der Waals surface area (Å²) < 4.78 is 45.9. The molecule has 0 aliphatic heterocycles. The lowest BCUT2D eigenvalue weighted by atomic mass is 10.1. The molecule has 28 heavy (non-hydrogen) atoms. The Morgan fingerprint density at radius 3 is 2.50 bits per heavy atom. The second-order valence-electron chi connectivity index (χ2n) is 5.66. The molecule has 10 heteroatoms. The van der Waals surface area contributed by atoms with Gasteiger partial charge in [0.15, 0.2) is 11.4 Å². The molecule has 7 nitrogen and oxygen atoms in total. The van der Waals surface area contributed by atoms with E-state index in [9.17, 15) is 18.0 Å². The van der Waals surface area contributed by atoms with Gasteiger partial charge in [0, 0.05) is 18.0 Å². The number of nitrogens with zero attached hydrogens (tertiary/aromatic N) is 4. The van der Waals surface area contributed by atoms with Crippen molar-refractivity contribution in [1.82, 2.24) is 19.7 Å². The quantitative estimate of drug-likeness (QED) is 0.718. The maximum Gasteiger partial charge on any atom is 0.437 e. The summed E-state index contributed by atoms with van der Waals surface area (Å²) in [4.78, 5) is 19.7. The highest BCUT2D eigenvalue weighted by Gasteiger charge is 2.41. The van der Waals surface area contributed by atoms with Gasteiger partial charge in [0.25, 0.3) is 5.95 Å². The molecule has 144 valence electrons. The van der Waals surface area contributed by atoms with Gasteiger partial charge >= 0.3 is 12.3 Å². The lowest BCUT2D eigenvalue weighted by Crippen LogP contribution is -2.21. The van der Waals surface area contributed by atoms with Gasteiger partial charge in [-0.3, -0.25) is 5.32 Å². The van der Waals surface area contributed by atoms with E-state index in [1.54, 1.807) is 31.2 Å². The molecule has 1 aromatic carbocycles. The summed E-state index contributed by atoms with van der Waals surface area (Å²) in [5, 5.41) is 6.02. The Morgan fingerprint density at radius 2 is 1.86 bits per heavy atom. The highest BCUT2D eigenvalue weighted by atomic mass is 19.4. The minimum atomic E-state index is -4.86. The van der Waals surface area contributed by atoms with Gasteiger partial charge < -0.3 is 4.74 Å². The topological polar surface area (TPSA) is 81.9 Å². The second kappa shape index (κ2) is 7.51. The summed E-state index contributed by atoms with van der Waals surface area (Å²) in [6, 6.07) is 8.14. The van der Waals surface area contributed by atoms with E-state index in [1.807, 2.05) is 0 Å². The van der Waals surface area contributed by atoms with E-state index in [4.69, 9.17) is 4.74 Å². The van der Waals surface area contributed by atoms with Crippen LogP contribution in [0.1, 0.15) is 18.2 Å². The molecular formula is C18H14F3N5O2. The Balaban J connectivity index is 1.90. The number of para-hydroxylation sites is 1. The van der Waals surface area contributed by atoms with Crippen LogP contribution in [-0.2, 0) is 6.18 Å². The number of nitrogens with one attached hydrogen (secondary N) is 1. The molecule has 0 aliphatic rings. The fourth-order valence-corrected chi connectivity index (χ4v) is 2.42. The molecule has 0 bridgehead atoms. The number of allylic oxidation sites excluding steroid dienone is 1. The zero-order valence-corrected chi connectivity index (χ0v) is 14.6. The Hall–Kier alpha value is -3.69. The highest BCUT2D eigenvalue weighted by Crippen LogP contribution is 2.37. The number of amides is 1. The summed E-state index contributed by atoms with van der Waals surface area (Å²) in [6.07, 6.45) is -2.64. The first-order valence-corrected chi connectivity index (χ1v) is 7.93. The Morgan fingerprint density at radius 1 is 1.18 bits per heavy atom. The number of benzene rings is 1. The third-order valence-electron chi connectivity index (χ3n) is 3.57. The van der Waals surface area contributed by atoms with Crippen LogP contribution < -0.4 is 10.1 Å². The van der Waals surface area contributed by atoms with E-state index in [0.717, 1.165) is 6.20 Å². The van der Waals surface area contributed by atoms with Gasteiger partial charge in [0.2, 0.25) is 0 Å². The minimum Gasteiger partial charge on any atom is -0.406 e. The molecule has 1 amide bonds. The molecule has 0 radical (unpaired) electrons. The number of rotatable bonds is 4. The van der Waals surface area contributed by atoms with E-state index in [2.05, 4.69) is 27.0 Å². The fourth-order valence-electron chi connectivity index (χ4n) is 2.42. The predicted molar refractivity (Wildman–Crippen MR) is 95.0 cm³/mol. The van der Waals surface area contributed by atoms with Crippen LogP contribution in [0.15, 0.2) is 55.5 Å². The van der Waals surface area contributed by atoms with Crippen LogP contribution >= 0.6 is 0 Å². The van der Waals surface area contributed by atoms with E-state index in [1.165, 1.54) is 18.5 Å². The van der Waals surface area contributed by atoms with Crippen LogP contribution in [0.2, 0.25) is 0 Å². The number of hydrogen-bond donors (Lipinski definition) is 1. The van der Waals surface area contributed by atoms with Crippen molar-refractivity contribution in [2.24, 2.45) is 0 Å². The summed E-state index contributed by atoms with van der Waals surface area (Å²) in [7, 11) is 0. The van der Waals surface area contributed by atoms with Crippen LogP contribution in [0.5, 0.6) is 5.75 Å². The van der Waals surface area contributed by atoms with Crippen molar-refractivity contribution in [3.63, 3.8) is 0 Å². The average Bonchev–Trinajstić information content (AvgIpc) is 3.06. The number of carbonyl (C=O) groups excluding carboxylic acids is 1. The molecule has 0 saturated heterocycles. The zero-order chi connectivity index (χ0) is 20.3. The molecule has 0 spiro atoms. The smallest absolute Gasteiger partial charge is 0.406 e. The highest BCUT2D eigenvalue weighted by molar-refractivity contribution is 5.90. The number of ether oxygens (including phenoxy) is 1. The van der Waals surface area contributed by atoms with Crippen LogP contribution in [0.4, 0.5) is 23.7 Å². The number of aromatic nitrogens is 4. The standard InChI is InChI=1S/C18H14F3N5O2/c1-11(2)12-6-3-4-7-13(12)25-17(27)28-14-10-24-26(15(14)18(19,20)21)16-22-8-5-9-23-16/h3-10H,1H2,2H3,(H,25,27). The summed E-state index contributed by atoms with van der Waals surface area (Å²) in [5.74, 6) is -1.08. The largest absolute Gasteiger partial charge is 0.437 e. The molecule has 0 saturated carbocycles. The maximum absolute atomic E-state index is 13.5. The number of carbonyl (C=O) groups is 1. The van der Waals surface area contributed by atoms with Gasteiger partial charge in [0.1, 0.15) is 0 Å². The van der Waals surface area contributed by atoms with Gasteiger partial charge in [-0.1, -0.05) is 24.8 Å². The van der Waals surface area contributed by atoms with Crippen molar-refractivity contribution in [2.45, 2.75) is 13.1 Å². The third-order valence-corrected chi connectivity index (χ3v) is 3.57. The van der Waals surface area contributed by atoms with E-state index in [0.29, 0.717) is 21.5 Å². The van der Waals surface area contributed by atoms with Gasteiger partial charge in [0.05, 0.1) is 11.9 Å². The predicted octanol–water partition coefficient (Wildman–Crippen LogP) is 4.33. The number of halogens is 3. The molecule has 3 rings (SSSR count). The first kappa shape index (κ1) is 19.1. The lowest BCUT2D eigenvalue weighted by molar-refractivity contribution is -0.143. The summed E-state index contributed by atoms with van der Waals surface area (Å²) in [6.45, 7) is 5.53. The maximum atomic E-state index is 13.5. The van der Waals surface area contributed by atoms with Gasteiger partial charge in [-0.05, 0) is 24.6 Å². The summed E-state index contributed by atoms with van der Waals surface area (Å²) >= 11 is 0. The molecule has 0 aliphatic carbocycles. The number of anilines is 1. The van der Waals surface area contributed by atoms with Crippen LogP contribution in [0.25, 0.3) is 11.5 Å². The van der Waals surface area contributed by atoms with Gasteiger partial charge in [-0.25, -0.2) is 14.8 Å². The monoisotopic (exact) mass is 389 g/mol. The molecule has 1 N–H and O–H groups in total. The van der Waals surface area contributed by atoms with E-state index >= 15 is 0 Å². The zero-order valence-electron chi connectivity index (χ0n) is 14.6. The molecule has 2 aromatic heterocycles. The van der Waals surface area contributed by atoms with Crippen molar-refractivity contribution >= 4 is 17.4 Å². The van der Waals surface area contributed by atoms with Crippen LogP contribution in [-0.4, -0.2) is 25.8 Å². The number of alkyl halides is 3. The molecule has 0 atom stereocenters. The third kappa shape index (κ3) is 4.00. The van der Waals surface area contributed by atoms with Gasteiger partial charge in [-0.2, -0.15) is 23.0 Å². The minimum absolute atomic E-state index is 0.308. The average molecular weight is 389 g/mol. The Kier molecular flexibility index (Phi) is 5.12. The van der Waals surface area contributed by atoms with Crippen molar-refractivity contribution in [3.05, 3.63) is 66.8 Å². The van der Waals surface area contributed by atoms with Crippen molar-refractivity contribution in [3.8, 4) is 11.7 Å². The molecule has 0 fully saturated rings. The molecule has 2 heterocycles. The lowest BCUT2D eigenvalue weighted by Gasteiger charge is -2.13. The first-order chi connectivity index (χ1) is 13.3. The first-order valence-electron chi connectivity index (χ1n) is 7.93. The molecule has 3 aromatic rings. The van der Waals surface area contributed by atoms with E-state index in [-0.39, 0.29) is 5.95 Å². The van der Waals surface area contributed by atoms with Crippen LogP contribution in [0, 0.1) is 0 Å². The molecular weight excluding hydrogens is 375 g/mol. The Bertz CT molecular complexity index is 1020. The Labute approximate surface area is 157 Å².